The molecule has 1 N–H and O–H groups in total. The number of nitro benzene ring substituents is 1. The molecule has 0 aliphatic rings. The molecule has 2 aromatic rings. The first-order valence-electron chi connectivity index (χ1n) is 5.97. The Hall–Kier alpha value is -2.70. The highest BCUT2D eigenvalue weighted by Gasteiger charge is 2.17. The van der Waals surface area contributed by atoms with E-state index in [1.165, 1.54) is 18.2 Å². The normalized spacial score (nSPS) is 10.3. The van der Waals surface area contributed by atoms with E-state index in [1.54, 1.807) is 31.3 Å². The molecule has 0 saturated heterocycles. The molecule has 0 bridgehead atoms. The van der Waals surface area contributed by atoms with Crippen LogP contribution in [0, 0.1) is 17.0 Å². The number of non-ortho nitro benzene ring substituents is 1. The van der Waals surface area contributed by atoms with Gasteiger partial charge in [-0.3, -0.25) is 20.0 Å². The number of hydrogen-bond acceptors (Lipinski definition) is 4. The van der Waals surface area contributed by atoms with Crippen LogP contribution >= 0.6 is 0 Å². The van der Waals surface area contributed by atoms with Gasteiger partial charge in [-0.05, 0) is 18.6 Å². The zero-order valence-electron chi connectivity index (χ0n) is 11.2. The average molecular weight is 274 g/mol. The summed E-state index contributed by atoms with van der Waals surface area (Å²) in [5.74, 6) is -0.182. The molecule has 0 atom stereocenters. The van der Waals surface area contributed by atoms with E-state index in [2.05, 4.69) is 10.2 Å². The molecule has 0 spiro atoms. The molecule has 0 aliphatic carbocycles. The van der Waals surface area contributed by atoms with E-state index >= 15 is 0 Å². The van der Waals surface area contributed by atoms with E-state index in [0.717, 1.165) is 5.56 Å². The second kappa shape index (κ2) is 5.52. The lowest BCUT2D eigenvalue weighted by Crippen LogP contribution is -2.26. The monoisotopic (exact) mass is 274 g/mol. The fourth-order valence-corrected chi connectivity index (χ4v) is 1.92. The maximum absolute atomic E-state index is 12.3. The predicted molar refractivity (Wildman–Crippen MR) is 72.2 cm³/mol. The first kappa shape index (κ1) is 13.7. The number of rotatable bonds is 4. The Balaban J connectivity index is 2.18. The molecule has 0 unspecified atom stereocenters. The molecule has 1 aromatic carbocycles. The highest BCUT2D eigenvalue weighted by atomic mass is 16.6. The van der Waals surface area contributed by atoms with Crippen LogP contribution in [-0.4, -0.2) is 33.0 Å². The Morgan fingerprint density at radius 1 is 1.50 bits per heavy atom. The quantitative estimate of drug-likeness (QED) is 0.680. The lowest BCUT2D eigenvalue weighted by Gasteiger charge is -2.17. The molecule has 0 saturated carbocycles. The molecule has 7 nitrogen and oxygen atoms in total. The molecular weight excluding hydrogens is 260 g/mol. The van der Waals surface area contributed by atoms with Gasteiger partial charge in [0.05, 0.1) is 11.1 Å². The summed E-state index contributed by atoms with van der Waals surface area (Å²) in [5.41, 5.74) is 1.92. The third-order valence-corrected chi connectivity index (χ3v) is 2.97. The van der Waals surface area contributed by atoms with Gasteiger partial charge in [-0.2, -0.15) is 5.10 Å². The van der Waals surface area contributed by atoms with Gasteiger partial charge in [0.2, 0.25) is 0 Å². The second-order valence-electron chi connectivity index (χ2n) is 4.52. The molecule has 7 heteroatoms. The Morgan fingerprint density at radius 3 is 2.80 bits per heavy atom. The van der Waals surface area contributed by atoms with Crippen LogP contribution in [0.2, 0.25) is 0 Å². The lowest BCUT2D eigenvalue weighted by atomic mass is 10.1. The van der Waals surface area contributed by atoms with Crippen LogP contribution in [0.25, 0.3) is 0 Å². The van der Waals surface area contributed by atoms with E-state index in [1.807, 2.05) is 0 Å². The van der Waals surface area contributed by atoms with Gasteiger partial charge < -0.3 is 4.90 Å². The van der Waals surface area contributed by atoms with Crippen molar-refractivity contribution in [1.29, 1.82) is 0 Å². The fraction of sp³-hybridized carbons (Fsp3) is 0.231. The third-order valence-electron chi connectivity index (χ3n) is 2.97. The summed E-state index contributed by atoms with van der Waals surface area (Å²) in [7, 11) is 1.68. The number of hydrogen-bond donors (Lipinski definition) is 1. The SMILES string of the molecule is Cc1cc([N+](=O)[O-])ccc1C(=O)N(C)Cc1cn[nH]c1. The van der Waals surface area contributed by atoms with Crippen molar-refractivity contribution in [2.45, 2.75) is 13.5 Å². The minimum Gasteiger partial charge on any atom is -0.337 e. The summed E-state index contributed by atoms with van der Waals surface area (Å²) in [4.78, 5) is 24.0. The molecule has 2 rings (SSSR count). The number of benzene rings is 1. The minimum atomic E-state index is -0.476. The Morgan fingerprint density at radius 2 is 2.25 bits per heavy atom. The number of aromatic nitrogens is 2. The van der Waals surface area contributed by atoms with Crippen molar-refractivity contribution >= 4 is 11.6 Å². The number of aryl methyl sites for hydroxylation is 1. The summed E-state index contributed by atoms with van der Waals surface area (Å²) in [5, 5.41) is 17.2. The number of carbonyl (C=O) groups excluding carboxylic acids is 1. The van der Waals surface area contributed by atoms with Crippen molar-refractivity contribution in [3.05, 3.63) is 57.4 Å². The Bertz CT molecular complexity index is 637. The maximum atomic E-state index is 12.3. The molecule has 1 heterocycles. The predicted octanol–water partition coefficient (Wildman–Crippen LogP) is 1.90. The molecule has 0 fully saturated rings. The largest absolute Gasteiger partial charge is 0.337 e. The van der Waals surface area contributed by atoms with Gasteiger partial charge in [0.25, 0.3) is 11.6 Å². The van der Waals surface area contributed by atoms with Gasteiger partial charge in [-0.15, -0.1) is 0 Å². The van der Waals surface area contributed by atoms with Gasteiger partial charge in [0.15, 0.2) is 0 Å². The first-order valence-corrected chi connectivity index (χ1v) is 5.97. The molecule has 0 radical (unpaired) electrons. The van der Waals surface area contributed by atoms with Crippen molar-refractivity contribution in [3.8, 4) is 0 Å². The first-order chi connectivity index (χ1) is 9.49. The second-order valence-corrected chi connectivity index (χ2v) is 4.52. The highest BCUT2D eigenvalue weighted by molar-refractivity contribution is 5.95. The van der Waals surface area contributed by atoms with Crippen LogP contribution in [0.3, 0.4) is 0 Å². The number of nitrogens with zero attached hydrogens (tertiary/aromatic N) is 3. The zero-order chi connectivity index (χ0) is 14.7. The number of aromatic amines is 1. The van der Waals surface area contributed by atoms with Crippen molar-refractivity contribution in [2.24, 2.45) is 0 Å². The van der Waals surface area contributed by atoms with E-state index in [9.17, 15) is 14.9 Å². The lowest BCUT2D eigenvalue weighted by molar-refractivity contribution is -0.384. The fourth-order valence-electron chi connectivity index (χ4n) is 1.92. The van der Waals surface area contributed by atoms with Crippen LogP contribution in [0.1, 0.15) is 21.5 Å². The summed E-state index contributed by atoms with van der Waals surface area (Å²) in [6.45, 7) is 2.11. The molecule has 20 heavy (non-hydrogen) atoms. The molecule has 0 aliphatic heterocycles. The van der Waals surface area contributed by atoms with Crippen molar-refractivity contribution < 1.29 is 9.72 Å². The number of H-pyrrole nitrogens is 1. The minimum absolute atomic E-state index is 0.0171. The number of carbonyl (C=O) groups is 1. The number of nitrogens with one attached hydrogen (secondary N) is 1. The van der Waals surface area contributed by atoms with E-state index in [4.69, 9.17) is 0 Å². The van der Waals surface area contributed by atoms with Crippen LogP contribution < -0.4 is 0 Å². The van der Waals surface area contributed by atoms with Gasteiger partial charge >= 0.3 is 0 Å². The van der Waals surface area contributed by atoms with Crippen molar-refractivity contribution in [3.63, 3.8) is 0 Å². The molecule has 1 amide bonds. The van der Waals surface area contributed by atoms with Crippen LogP contribution in [0.15, 0.2) is 30.6 Å². The van der Waals surface area contributed by atoms with Gasteiger partial charge in [-0.25, -0.2) is 0 Å². The smallest absolute Gasteiger partial charge is 0.269 e. The van der Waals surface area contributed by atoms with E-state index in [0.29, 0.717) is 17.7 Å². The van der Waals surface area contributed by atoms with Gasteiger partial charge in [-0.1, -0.05) is 0 Å². The van der Waals surface area contributed by atoms with Crippen LogP contribution in [0.5, 0.6) is 0 Å². The topological polar surface area (TPSA) is 92.1 Å². The van der Waals surface area contributed by atoms with Crippen LogP contribution in [0.4, 0.5) is 5.69 Å². The highest BCUT2D eigenvalue weighted by Crippen LogP contribution is 2.18. The van der Waals surface area contributed by atoms with Crippen molar-refractivity contribution in [2.75, 3.05) is 7.05 Å². The zero-order valence-corrected chi connectivity index (χ0v) is 11.2. The molecular formula is C13H14N4O3. The Labute approximate surface area is 115 Å². The number of nitro groups is 1. The summed E-state index contributed by atoms with van der Waals surface area (Å²) >= 11 is 0. The van der Waals surface area contributed by atoms with Gasteiger partial charge in [0, 0.05) is 43.0 Å². The van der Waals surface area contributed by atoms with Crippen molar-refractivity contribution in [1.82, 2.24) is 15.1 Å². The maximum Gasteiger partial charge on any atom is 0.269 e. The summed E-state index contributed by atoms with van der Waals surface area (Å²) in [6, 6.07) is 4.23. The molecule has 104 valence electrons. The number of amides is 1. The molecule has 1 aromatic heterocycles. The summed E-state index contributed by atoms with van der Waals surface area (Å²) < 4.78 is 0. The Kier molecular flexibility index (Phi) is 3.79. The van der Waals surface area contributed by atoms with Gasteiger partial charge in [0.1, 0.15) is 0 Å². The average Bonchev–Trinajstić information content (AvgIpc) is 2.90. The van der Waals surface area contributed by atoms with E-state index < -0.39 is 4.92 Å². The third kappa shape index (κ3) is 2.82. The standard InChI is InChI=1S/C13H14N4O3/c1-9-5-11(17(19)20)3-4-12(9)13(18)16(2)8-10-6-14-15-7-10/h3-7H,8H2,1-2H3,(H,14,15). The van der Waals surface area contributed by atoms with Crippen LogP contribution in [-0.2, 0) is 6.54 Å². The summed E-state index contributed by atoms with van der Waals surface area (Å²) in [6.07, 6.45) is 3.36. The van der Waals surface area contributed by atoms with E-state index in [-0.39, 0.29) is 11.6 Å².